The molecule has 0 N–H and O–H groups in total. The molecule has 0 radical (unpaired) electrons. The summed E-state index contributed by atoms with van der Waals surface area (Å²) in [5.41, 5.74) is 0. The zero-order valence-electron chi connectivity index (χ0n) is 9.75. The van der Waals surface area contributed by atoms with Gasteiger partial charge in [0, 0.05) is 6.54 Å². The second-order valence-electron chi connectivity index (χ2n) is 3.76. The molecule has 1 fully saturated rings. The number of hydrogen-bond acceptors (Lipinski definition) is 3. The van der Waals surface area contributed by atoms with Crippen LogP contribution in [0.3, 0.4) is 0 Å². The minimum absolute atomic E-state index is 0. The second-order valence-corrected chi connectivity index (χ2v) is 3.76. The molecular weight excluding hydrogens is 359 g/mol. The van der Waals surface area contributed by atoms with Crippen LogP contribution in [0, 0.1) is 0 Å². The summed E-state index contributed by atoms with van der Waals surface area (Å²) < 4.78 is 128. The van der Waals surface area contributed by atoms with Crippen molar-refractivity contribution < 1.29 is 105 Å². The molecule has 0 aliphatic carbocycles. The van der Waals surface area contributed by atoms with Crippen molar-refractivity contribution in [3.05, 3.63) is 0 Å². The minimum atomic E-state index is -7.12. The van der Waals surface area contributed by atoms with Crippen molar-refractivity contribution in [3.63, 3.8) is 0 Å². The van der Waals surface area contributed by atoms with Gasteiger partial charge in [-0.15, -0.1) is 0 Å². The van der Waals surface area contributed by atoms with Crippen LogP contribution in [0.1, 0.15) is 0 Å². The van der Waals surface area contributed by atoms with E-state index >= 15 is 0 Å². The first kappa shape index (κ1) is 21.4. The molecule has 3 nitrogen and oxygen atoms in total. The number of piperidine rings is 1. The van der Waals surface area contributed by atoms with E-state index in [1.165, 1.54) is 0 Å². The molecule has 1 aliphatic rings. The number of halogens is 10. The van der Waals surface area contributed by atoms with Crippen molar-refractivity contribution in [1.29, 1.82) is 0 Å². The Bertz CT molecular complexity index is 409. The van der Waals surface area contributed by atoms with Crippen LogP contribution >= 0.6 is 0 Å². The van der Waals surface area contributed by atoms with Crippen LogP contribution in [-0.4, -0.2) is 47.3 Å². The SMILES string of the molecule is O=C([O-])CN1C(F)(F)C(F)(F)C(F)(F)C(F)(F)C1(F)F.[K+]. The molecular formula is C7H2F10KNO2. The van der Waals surface area contributed by atoms with Gasteiger partial charge in [-0.05, 0) is 0 Å². The Morgan fingerprint density at radius 1 is 0.762 bits per heavy atom. The van der Waals surface area contributed by atoms with E-state index in [0.29, 0.717) is 0 Å². The molecule has 1 saturated heterocycles. The third-order valence-corrected chi connectivity index (χ3v) is 2.51. The fourth-order valence-corrected chi connectivity index (χ4v) is 1.42. The number of likely N-dealkylation sites (tertiary alicyclic amines) is 1. The minimum Gasteiger partial charge on any atom is -0.549 e. The molecule has 0 amide bonds. The molecule has 118 valence electrons. The van der Waals surface area contributed by atoms with Gasteiger partial charge in [-0.3, -0.25) is 0 Å². The molecule has 0 unspecified atom stereocenters. The van der Waals surface area contributed by atoms with Crippen LogP contribution in [0.15, 0.2) is 0 Å². The van der Waals surface area contributed by atoms with E-state index in [2.05, 4.69) is 0 Å². The molecule has 1 heterocycles. The van der Waals surface area contributed by atoms with Gasteiger partial charge in [0.05, 0.1) is 5.97 Å². The van der Waals surface area contributed by atoms with E-state index in [9.17, 15) is 53.8 Å². The summed E-state index contributed by atoms with van der Waals surface area (Å²) >= 11 is 0. The van der Waals surface area contributed by atoms with Gasteiger partial charge in [-0.2, -0.15) is 48.8 Å². The molecule has 0 aromatic heterocycles. The Morgan fingerprint density at radius 2 is 1.05 bits per heavy atom. The zero-order valence-corrected chi connectivity index (χ0v) is 12.9. The average molecular weight is 361 g/mol. The standard InChI is InChI=1S/C7H3F10NO2.K/c8-3(9)4(10,11)6(14,15)18(1-2(19)20)7(16,17)5(3,12)13;/h1H2,(H,19,20);/q;+1/p-1. The quantitative estimate of drug-likeness (QED) is 0.330. The maximum absolute atomic E-state index is 12.9. The molecule has 0 atom stereocenters. The normalized spacial score (nSPS) is 28.5. The van der Waals surface area contributed by atoms with Gasteiger partial charge >= 0.3 is 81.2 Å². The van der Waals surface area contributed by atoms with Crippen LogP contribution in [0.4, 0.5) is 43.9 Å². The molecule has 0 saturated carbocycles. The van der Waals surface area contributed by atoms with Crippen LogP contribution in [0.25, 0.3) is 0 Å². The van der Waals surface area contributed by atoms with Crippen molar-refractivity contribution in [3.8, 4) is 0 Å². The van der Waals surface area contributed by atoms with E-state index in [1.807, 2.05) is 0 Å². The smallest absolute Gasteiger partial charge is 0.549 e. The Morgan fingerprint density at radius 3 is 1.29 bits per heavy atom. The van der Waals surface area contributed by atoms with Crippen LogP contribution in [0.5, 0.6) is 0 Å². The molecule has 14 heteroatoms. The third kappa shape index (κ3) is 2.51. The van der Waals surface area contributed by atoms with E-state index in [0.717, 1.165) is 0 Å². The average Bonchev–Trinajstić information content (AvgIpc) is 2.22. The number of rotatable bonds is 2. The van der Waals surface area contributed by atoms with Gasteiger partial charge in [0.1, 0.15) is 0 Å². The van der Waals surface area contributed by atoms with Crippen LogP contribution < -0.4 is 56.5 Å². The second kappa shape index (κ2) is 5.47. The van der Waals surface area contributed by atoms with Crippen molar-refractivity contribution >= 4 is 5.97 Å². The Kier molecular flexibility index (Phi) is 5.57. The number of hydrogen-bond donors (Lipinski definition) is 0. The number of alkyl halides is 10. The third-order valence-electron chi connectivity index (χ3n) is 2.51. The number of nitrogens with zero attached hydrogens (tertiary/aromatic N) is 1. The van der Waals surface area contributed by atoms with Crippen molar-refractivity contribution in [1.82, 2.24) is 4.90 Å². The maximum Gasteiger partial charge on any atom is 1.00 e. The summed E-state index contributed by atoms with van der Waals surface area (Å²) in [6.07, 6.45) is 0. The summed E-state index contributed by atoms with van der Waals surface area (Å²) in [6, 6.07) is -13.1. The molecule has 21 heavy (non-hydrogen) atoms. The van der Waals surface area contributed by atoms with Gasteiger partial charge in [0.25, 0.3) is 0 Å². The number of carbonyl (C=O) groups excluding carboxylic acids is 1. The molecule has 0 aromatic rings. The summed E-state index contributed by atoms with van der Waals surface area (Å²) in [5.74, 6) is -23.9. The molecule has 1 aliphatic heterocycles. The largest absolute Gasteiger partial charge is 1.00 e. The van der Waals surface area contributed by atoms with Gasteiger partial charge in [-0.1, -0.05) is 0 Å². The first-order chi connectivity index (χ1) is 8.55. The van der Waals surface area contributed by atoms with E-state index in [1.54, 1.807) is 0 Å². The first-order valence-corrected chi connectivity index (χ1v) is 4.42. The van der Waals surface area contributed by atoms with Crippen LogP contribution in [0.2, 0.25) is 0 Å². The Balaban J connectivity index is 0.00000400. The van der Waals surface area contributed by atoms with Crippen LogP contribution in [-0.2, 0) is 4.79 Å². The molecule has 0 aromatic carbocycles. The fraction of sp³-hybridized carbons (Fsp3) is 0.857. The van der Waals surface area contributed by atoms with Gasteiger partial charge in [0.15, 0.2) is 0 Å². The first-order valence-electron chi connectivity index (χ1n) is 4.42. The summed E-state index contributed by atoms with van der Waals surface area (Å²) in [6.45, 7) is -2.82. The predicted molar refractivity (Wildman–Crippen MR) is 36.4 cm³/mol. The van der Waals surface area contributed by atoms with Gasteiger partial charge < -0.3 is 9.90 Å². The Hall–Kier alpha value is 0.366. The predicted octanol–water partition coefficient (Wildman–Crippen LogP) is -1.85. The molecule has 0 bridgehead atoms. The van der Waals surface area contributed by atoms with Crippen molar-refractivity contribution in [2.75, 3.05) is 6.54 Å². The number of carbonyl (C=O) groups is 1. The number of aliphatic carboxylic acids is 1. The monoisotopic (exact) mass is 361 g/mol. The zero-order chi connectivity index (χ0) is 16.4. The van der Waals surface area contributed by atoms with Gasteiger partial charge in [0.2, 0.25) is 0 Å². The van der Waals surface area contributed by atoms with Crippen molar-refractivity contribution in [2.24, 2.45) is 0 Å². The van der Waals surface area contributed by atoms with E-state index < -0.39 is 47.3 Å². The number of carboxylic acids is 1. The summed E-state index contributed by atoms with van der Waals surface area (Å²) in [4.78, 5) is 7.41. The summed E-state index contributed by atoms with van der Waals surface area (Å²) in [7, 11) is 0. The topological polar surface area (TPSA) is 43.4 Å². The van der Waals surface area contributed by atoms with E-state index in [-0.39, 0.29) is 51.4 Å². The molecule has 0 spiro atoms. The van der Waals surface area contributed by atoms with Crippen molar-refractivity contribution in [2.45, 2.75) is 29.9 Å². The van der Waals surface area contributed by atoms with E-state index in [4.69, 9.17) is 0 Å². The maximum atomic E-state index is 12.9. The fourth-order valence-electron chi connectivity index (χ4n) is 1.42. The van der Waals surface area contributed by atoms with Gasteiger partial charge in [-0.25, -0.2) is 0 Å². The Labute approximate surface area is 151 Å². The summed E-state index contributed by atoms with van der Waals surface area (Å²) in [5, 5.41) is 9.93. The molecule has 1 rings (SSSR count). The number of carboxylic acid groups (broad SMARTS) is 1.